The van der Waals surface area contributed by atoms with Gasteiger partial charge in [0.1, 0.15) is 5.75 Å². The van der Waals surface area contributed by atoms with E-state index in [2.05, 4.69) is 44.9 Å². The molecule has 80 valence electrons. The van der Waals surface area contributed by atoms with E-state index in [0.29, 0.717) is 0 Å². The molecule has 1 aromatic heterocycles. The first-order valence-corrected chi connectivity index (χ1v) is 6.16. The molecule has 0 aliphatic heterocycles. The summed E-state index contributed by atoms with van der Waals surface area (Å²) in [6.07, 6.45) is 3.28. The molecule has 0 atom stereocenters. The topological polar surface area (TPSA) is 14.2 Å². The first kappa shape index (κ1) is 10.6. The maximum absolute atomic E-state index is 5.20. The van der Waals surface area contributed by atoms with Crippen LogP contribution in [0, 0.1) is 0 Å². The fourth-order valence-corrected chi connectivity index (χ4v) is 1.98. The van der Waals surface area contributed by atoms with Gasteiger partial charge in [0.05, 0.1) is 7.11 Å². The molecule has 0 radical (unpaired) electrons. The highest BCUT2D eigenvalue weighted by atomic mass is 79.9. The summed E-state index contributed by atoms with van der Waals surface area (Å²) in [7, 11) is 1.70. The van der Waals surface area contributed by atoms with Crippen molar-refractivity contribution in [2.24, 2.45) is 0 Å². The normalized spacial score (nSPS) is 10.8. The number of benzene rings is 1. The summed E-state index contributed by atoms with van der Waals surface area (Å²) in [5.74, 6) is 0.917. The first-order chi connectivity index (χ1) is 7.35. The molecule has 2 nitrogen and oxygen atoms in total. The highest BCUT2D eigenvalue weighted by Crippen LogP contribution is 2.21. The second-order valence-electron chi connectivity index (χ2n) is 3.48. The van der Waals surface area contributed by atoms with Crippen LogP contribution in [0.1, 0.15) is 6.42 Å². The van der Waals surface area contributed by atoms with Gasteiger partial charge in [-0.15, -0.1) is 0 Å². The Labute approximate surface area is 98.0 Å². The zero-order valence-corrected chi connectivity index (χ0v) is 10.3. The van der Waals surface area contributed by atoms with Crippen LogP contribution in [0.15, 0.2) is 30.5 Å². The summed E-state index contributed by atoms with van der Waals surface area (Å²) in [5, 5.41) is 2.28. The van der Waals surface area contributed by atoms with Crippen molar-refractivity contribution in [1.82, 2.24) is 4.57 Å². The summed E-state index contributed by atoms with van der Waals surface area (Å²) in [6, 6.07) is 8.32. The van der Waals surface area contributed by atoms with Crippen molar-refractivity contribution in [3.05, 3.63) is 30.5 Å². The molecule has 0 saturated heterocycles. The average molecular weight is 268 g/mol. The minimum Gasteiger partial charge on any atom is -0.497 e. The van der Waals surface area contributed by atoms with Gasteiger partial charge in [-0.1, -0.05) is 15.9 Å². The van der Waals surface area contributed by atoms with Crippen LogP contribution in [0.25, 0.3) is 10.9 Å². The van der Waals surface area contributed by atoms with E-state index in [4.69, 9.17) is 4.74 Å². The van der Waals surface area contributed by atoms with Gasteiger partial charge in [0.15, 0.2) is 0 Å². The summed E-state index contributed by atoms with van der Waals surface area (Å²) in [6.45, 7) is 1.06. The maximum Gasteiger partial charge on any atom is 0.119 e. The van der Waals surface area contributed by atoms with E-state index in [-0.39, 0.29) is 0 Å². The number of aromatic nitrogens is 1. The van der Waals surface area contributed by atoms with E-state index >= 15 is 0 Å². The minimum atomic E-state index is 0.917. The number of hydrogen-bond donors (Lipinski definition) is 0. The van der Waals surface area contributed by atoms with Crippen LogP contribution >= 0.6 is 15.9 Å². The number of fused-ring (bicyclic) bond motifs is 1. The van der Waals surface area contributed by atoms with Gasteiger partial charge in [0.2, 0.25) is 0 Å². The molecular formula is C12H14BrNO. The van der Waals surface area contributed by atoms with Crippen molar-refractivity contribution in [1.29, 1.82) is 0 Å². The predicted octanol–water partition coefficient (Wildman–Crippen LogP) is 3.43. The molecular weight excluding hydrogens is 254 g/mol. The van der Waals surface area contributed by atoms with Gasteiger partial charge in [-0.2, -0.15) is 0 Å². The Morgan fingerprint density at radius 3 is 2.93 bits per heavy atom. The van der Waals surface area contributed by atoms with E-state index in [1.807, 2.05) is 6.07 Å². The lowest BCUT2D eigenvalue weighted by Crippen LogP contribution is -1.96. The number of hydrogen-bond acceptors (Lipinski definition) is 1. The van der Waals surface area contributed by atoms with E-state index in [1.165, 1.54) is 10.9 Å². The molecule has 1 aromatic carbocycles. The summed E-state index contributed by atoms with van der Waals surface area (Å²) >= 11 is 3.45. The van der Waals surface area contributed by atoms with E-state index in [1.54, 1.807) is 7.11 Å². The fraction of sp³-hybridized carbons (Fsp3) is 0.333. The Kier molecular flexibility index (Phi) is 3.31. The van der Waals surface area contributed by atoms with Crippen LogP contribution < -0.4 is 4.74 Å². The predicted molar refractivity (Wildman–Crippen MR) is 66.9 cm³/mol. The Morgan fingerprint density at radius 1 is 1.33 bits per heavy atom. The molecule has 0 saturated carbocycles. The Balaban J connectivity index is 2.34. The van der Waals surface area contributed by atoms with Crippen LogP contribution in [0.3, 0.4) is 0 Å². The van der Waals surface area contributed by atoms with Gasteiger partial charge in [-0.3, -0.25) is 0 Å². The summed E-state index contributed by atoms with van der Waals surface area (Å²) in [5.41, 5.74) is 1.27. The zero-order chi connectivity index (χ0) is 10.7. The molecule has 0 aliphatic carbocycles. The molecule has 0 unspecified atom stereocenters. The molecule has 0 N–H and O–H groups in total. The molecule has 0 bridgehead atoms. The van der Waals surface area contributed by atoms with E-state index < -0.39 is 0 Å². The summed E-state index contributed by atoms with van der Waals surface area (Å²) in [4.78, 5) is 0. The third-order valence-corrected chi connectivity index (χ3v) is 3.07. The quantitative estimate of drug-likeness (QED) is 0.775. The second kappa shape index (κ2) is 4.71. The lowest BCUT2D eigenvalue weighted by molar-refractivity contribution is 0.415. The Hall–Kier alpha value is -0.960. The molecule has 1 heterocycles. The zero-order valence-electron chi connectivity index (χ0n) is 8.74. The number of ether oxygens (including phenoxy) is 1. The van der Waals surface area contributed by atoms with E-state index in [0.717, 1.165) is 24.0 Å². The van der Waals surface area contributed by atoms with Crippen molar-refractivity contribution >= 4 is 26.8 Å². The molecule has 0 spiro atoms. The molecule has 0 fully saturated rings. The number of halogens is 1. The standard InChI is InChI=1S/C12H14BrNO/c1-15-11-3-4-12-10(9-11)5-8-14(12)7-2-6-13/h3-5,8-9H,2,6-7H2,1H3. The van der Waals surface area contributed by atoms with Crippen LogP contribution in [0.5, 0.6) is 5.75 Å². The van der Waals surface area contributed by atoms with Crippen LogP contribution in [0.2, 0.25) is 0 Å². The third-order valence-electron chi connectivity index (χ3n) is 2.51. The smallest absolute Gasteiger partial charge is 0.119 e. The van der Waals surface area contributed by atoms with Crippen molar-refractivity contribution in [3.63, 3.8) is 0 Å². The van der Waals surface area contributed by atoms with Gasteiger partial charge >= 0.3 is 0 Å². The number of rotatable bonds is 4. The largest absolute Gasteiger partial charge is 0.497 e. The monoisotopic (exact) mass is 267 g/mol. The fourth-order valence-electron chi connectivity index (χ4n) is 1.73. The second-order valence-corrected chi connectivity index (χ2v) is 4.27. The lowest BCUT2D eigenvalue weighted by Gasteiger charge is -2.04. The maximum atomic E-state index is 5.20. The number of methoxy groups -OCH3 is 1. The number of alkyl halides is 1. The van der Waals surface area contributed by atoms with Gasteiger partial charge in [0, 0.05) is 29.0 Å². The van der Waals surface area contributed by atoms with Crippen LogP contribution in [-0.4, -0.2) is 17.0 Å². The molecule has 2 rings (SSSR count). The Bertz CT molecular complexity index is 450. The molecule has 0 amide bonds. The SMILES string of the molecule is COc1ccc2c(ccn2CCCBr)c1. The third kappa shape index (κ3) is 2.17. The van der Waals surface area contributed by atoms with Crippen molar-refractivity contribution < 1.29 is 4.74 Å². The molecule has 3 heteroatoms. The van der Waals surface area contributed by atoms with Crippen molar-refractivity contribution in [2.45, 2.75) is 13.0 Å². The minimum absolute atomic E-state index is 0.917. The van der Waals surface area contributed by atoms with Crippen LogP contribution in [-0.2, 0) is 6.54 Å². The molecule has 2 aromatic rings. The Morgan fingerprint density at radius 2 is 2.20 bits per heavy atom. The van der Waals surface area contributed by atoms with Crippen molar-refractivity contribution in [2.75, 3.05) is 12.4 Å². The van der Waals surface area contributed by atoms with Gasteiger partial charge < -0.3 is 9.30 Å². The van der Waals surface area contributed by atoms with Gasteiger partial charge in [-0.25, -0.2) is 0 Å². The van der Waals surface area contributed by atoms with Crippen molar-refractivity contribution in [3.8, 4) is 5.75 Å². The average Bonchev–Trinajstić information content (AvgIpc) is 2.68. The highest BCUT2D eigenvalue weighted by molar-refractivity contribution is 9.09. The lowest BCUT2D eigenvalue weighted by atomic mass is 10.2. The van der Waals surface area contributed by atoms with Gasteiger partial charge in [0.25, 0.3) is 0 Å². The number of nitrogens with zero attached hydrogens (tertiary/aromatic N) is 1. The van der Waals surface area contributed by atoms with Crippen LogP contribution in [0.4, 0.5) is 0 Å². The highest BCUT2D eigenvalue weighted by Gasteiger charge is 2.01. The molecule has 15 heavy (non-hydrogen) atoms. The van der Waals surface area contributed by atoms with Gasteiger partial charge in [-0.05, 0) is 30.7 Å². The summed E-state index contributed by atoms with van der Waals surface area (Å²) < 4.78 is 7.47. The molecule has 0 aliphatic rings. The van der Waals surface area contributed by atoms with E-state index in [9.17, 15) is 0 Å². The number of aryl methyl sites for hydroxylation is 1. The first-order valence-electron chi connectivity index (χ1n) is 5.04.